The van der Waals surface area contributed by atoms with Crippen LogP contribution in [0.2, 0.25) is 0 Å². The van der Waals surface area contributed by atoms with Gasteiger partial charge in [0, 0.05) is 16.6 Å². The summed E-state index contributed by atoms with van der Waals surface area (Å²) in [5, 5.41) is 5.04. The van der Waals surface area contributed by atoms with E-state index in [4.69, 9.17) is 9.47 Å². The van der Waals surface area contributed by atoms with Gasteiger partial charge in [-0.25, -0.2) is 9.78 Å². The van der Waals surface area contributed by atoms with Crippen LogP contribution in [-0.4, -0.2) is 30.1 Å². The second kappa shape index (κ2) is 8.46. The first-order valence-electron chi connectivity index (χ1n) is 8.23. The lowest BCUT2D eigenvalue weighted by atomic mass is 10.2. The fraction of sp³-hybridized carbons (Fsp3) is 0.150. The van der Waals surface area contributed by atoms with Gasteiger partial charge in [-0.1, -0.05) is 30.3 Å². The number of aromatic nitrogens is 1. The Balaban J connectivity index is 1.59. The summed E-state index contributed by atoms with van der Waals surface area (Å²) in [7, 11) is 1.57. The third-order valence-electron chi connectivity index (χ3n) is 3.74. The summed E-state index contributed by atoms with van der Waals surface area (Å²) in [4.78, 5) is 28.8. The van der Waals surface area contributed by atoms with Gasteiger partial charge in [-0.3, -0.25) is 4.79 Å². The standard InChI is InChI=1S/C20H18N2O4S/c1-13(18(23)21-15-8-10-16(25-2)11-9-15)26-20(24)17-12-27-19(22-17)14-6-4-3-5-7-14/h3-13H,1-2H3,(H,21,23)/t13-/m0/s1. The zero-order valence-electron chi connectivity index (χ0n) is 14.8. The van der Waals surface area contributed by atoms with Crippen LogP contribution < -0.4 is 10.1 Å². The molecule has 1 N–H and O–H groups in total. The molecule has 0 aliphatic heterocycles. The van der Waals surface area contributed by atoms with E-state index in [1.54, 1.807) is 36.8 Å². The van der Waals surface area contributed by atoms with E-state index in [2.05, 4.69) is 10.3 Å². The van der Waals surface area contributed by atoms with Gasteiger partial charge in [0.05, 0.1) is 7.11 Å². The molecule has 1 amide bonds. The summed E-state index contributed by atoms with van der Waals surface area (Å²) >= 11 is 1.35. The number of amides is 1. The van der Waals surface area contributed by atoms with Crippen LogP contribution in [0.1, 0.15) is 17.4 Å². The zero-order chi connectivity index (χ0) is 19.2. The number of nitrogens with zero attached hydrogens (tertiary/aromatic N) is 1. The van der Waals surface area contributed by atoms with Crippen molar-refractivity contribution in [2.75, 3.05) is 12.4 Å². The van der Waals surface area contributed by atoms with Crippen LogP contribution in [0, 0.1) is 0 Å². The Morgan fingerprint density at radius 2 is 1.78 bits per heavy atom. The molecule has 6 nitrogen and oxygen atoms in total. The van der Waals surface area contributed by atoms with Crippen LogP contribution in [0.15, 0.2) is 60.0 Å². The van der Waals surface area contributed by atoms with E-state index in [1.807, 2.05) is 30.3 Å². The highest BCUT2D eigenvalue weighted by molar-refractivity contribution is 7.13. The van der Waals surface area contributed by atoms with Crippen molar-refractivity contribution in [2.45, 2.75) is 13.0 Å². The largest absolute Gasteiger partial charge is 0.497 e. The molecule has 0 spiro atoms. The van der Waals surface area contributed by atoms with Crippen molar-refractivity contribution in [1.29, 1.82) is 0 Å². The van der Waals surface area contributed by atoms with Crippen LogP contribution in [0.4, 0.5) is 5.69 Å². The maximum atomic E-state index is 12.3. The number of carbonyl (C=O) groups is 2. The second-order valence-corrected chi connectivity index (χ2v) is 6.53. The Bertz CT molecular complexity index is 923. The highest BCUT2D eigenvalue weighted by Crippen LogP contribution is 2.24. The van der Waals surface area contributed by atoms with E-state index < -0.39 is 18.0 Å². The van der Waals surface area contributed by atoms with E-state index in [-0.39, 0.29) is 5.69 Å². The van der Waals surface area contributed by atoms with E-state index in [9.17, 15) is 9.59 Å². The lowest BCUT2D eigenvalue weighted by Crippen LogP contribution is -2.30. The Morgan fingerprint density at radius 1 is 1.07 bits per heavy atom. The molecule has 0 radical (unpaired) electrons. The van der Waals surface area contributed by atoms with Gasteiger partial charge in [-0.15, -0.1) is 11.3 Å². The van der Waals surface area contributed by atoms with Gasteiger partial charge in [0.25, 0.3) is 5.91 Å². The van der Waals surface area contributed by atoms with E-state index in [1.165, 1.54) is 18.3 Å². The summed E-state index contributed by atoms with van der Waals surface area (Å²) in [6.45, 7) is 1.52. The highest BCUT2D eigenvalue weighted by Gasteiger charge is 2.21. The number of methoxy groups -OCH3 is 1. The molecular weight excluding hydrogens is 364 g/mol. The topological polar surface area (TPSA) is 77.5 Å². The Hall–Kier alpha value is -3.19. The van der Waals surface area contributed by atoms with E-state index in [0.717, 1.165) is 10.6 Å². The van der Waals surface area contributed by atoms with Crippen LogP contribution in [0.5, 0.6) is 5.75 Å². The Kier molecular flexibility index (Phi) is 5.83. The number of carbonyl (C=O) groups excluding carboxylic acids is 2. The van der Waals surface area contributed by atoms with Crippen molar-refractivity contribution >= 4 is 28.9 Å². The van der Waals surface area contributed by atoms with Gasteiger partial charge in [0.1, 0.15) is 10.8 Å². The number of hydrogen-bond donors (Lipinski definition) is 1. The minimum absolute atomic E-state index is 0.183. The molecule has 0 fully saturated rings. The molecule has 1 aromatic heterocycles. The number of thiazole rings is 1. The summed E-state index contributed by atoms with van der Waals surface area (Å²) in [6.07, 6.45) is -0.957. The van der Waals surface area contributed by atoms with Gasteiger partial charge in [0.2, 0.25) is 0 Å². The summed E-state index contributed by atoms with van der Waals surface area (Å²) in [6, 6.07) is 16.4. The molecule has 7 heteroatoms. The summed E-state index contributed by atoms with van der Waals surface area (Å²) < 4.78 is 10.3. The minimum Gasteiger partial charge on any atom is -0.497 e. The quantitative estimate of drug-likeness (QED) is 0.652. The molecule has 0 unspecified atom stereocenters. The van der Waals surface area contributed by atoms with Gasteiger partial charge < -0.3 is 14.8 Å². The molecule has 0 saturated heterocycles. The predicted octanol–water partition coefficient (Wildman–Crippen LogP) is 4.00. The number of hydrogen-bond acceptors (Lipinski definition) is 6. The van der Waals surface area contributed by atoms with E-state index in [0.29, 0.717) is 11.4 Å². The highest BCUT2D eigenvalue weighted by atomic mass is 32.1. The lowest BCUT2D eigenvalue weighted by Gasteiger charge is -2.13. The van der Waals surface area contributed by atoms with Crippen molar-refractivity contribution in [2.24, 2.45) is 0 Å². The average Bonchev–Trinajstić information content (AvgIpc) is 3.19. The average molecular weight is 382 g/mol. The molecular formula is C20H18N2O4S. The first kappa shape index (κ1) is 18.6. The molecule has 3 rings (SSSR count). The van der Waals surface area contributed by atoms with Crippen molar-refractivity contribution in [3.8, 4) is 16.3 Å². The lowest BCUT2D eigenvalue weighted by molar-refractivity contribution is -0.123. The fourth-order valence-electron chi connectivity index (χ4n) is 2.27. The molecule has 0 bridgehead atoms. The fourth-order valence-corrected chi connectivity index (χ4v) is 3.07. The van der Waals surface area contributed by atoms with Crippen molar-refractivity contribution in [1.82, 2.24) is 4.98 Å². The predicted molar refractivity (Wildman–Crippen MR) is 104 cm³/mol. The van der Waals surface area contributed by atoms with Crippen LogP contribution in [0.3, 0.4) is 0 Å². The number of ether oxygens (including phenoxy) is 2. The van der Waals surface area contributed by atoms with Crippen LogP contribution in [-0.2, 0) is 9.53 Å². The van der Waals surface area contributed by atoms with Crippen molar-refractivity contribution in [3.63, 3.8) is 0 Å². The molecule has 0 saturated carbocycles. The van der Waals surface area contributed by atoms with E-state index >= 15 is 0 Å². The van der Waals surface area contributed by atoms with Gasteiger partial charge in [0.15, 0.2) is 11.8 Å². The number of benzene rings is 2. The van der Waals surface area contributed by atoms with Crippen molar-refractivity contribution in [3.05, 3.63) is 65.7 Å². The van der Waals surface area contributed by atoms with Crippen molar-refractivity contribution < 1.29 is 19.1 Å². The monoisotopic (exact) mass is 382 g/mol. The number of nitrogens with one attached hydrogen (secondary N) is 1. The van der Waals surface area contributed by atoms with Gasteiger partial charge in [-0.2, -0.15) is 0 Å². The zero-order valence-corrected chi connectivity index (χ0v) is 15.7. The number of esters is 1. The summed E-state index contributed by atoms with van der Waals surface area (Å²) in [5.74, 6) is -0.372. The third kappa shape index (κ3) is 4.71. The first-order chi connectivity index (χ1) is 13.1. The molecule has 1 atom stereocenters. The number of anilines is 1. The second-order valence-electron chi connectivity index (χ2n) is 5.67. The van der Waals surface area contributed by atoms with Gasteiger partial charge >= 0.3 is 5.97 Å². The molecule has 2 aromatic carbocycles. The molecule has 0 aliphatic rings. The molecule has 138 valence electrons. The maximum absolute atomic E-state index is 12.3. The third-order valence-corrected chi connectivity index (χ3v) is 4.64. The Labute approximate surface area is 160 Å². The smallest absolute Gasteiger partial charge is 0.358 e. The SMILES string of the molecule is COc1ccc(NC(=O)[C@H](C)OC(=O)c2csc(-c3ccccc3)n2)cc1. The number of rotatable bonds is 6. The molecule has 3 aromatic rings. The minimum atomic E-state index is -0.957. The Morgan fingerprint density at radius 3 is 2.44 bits per heavy atom. The van der Waals surface area contributed by atoms with Gasteiger partial charge in [-0.05, 0) is 31.2 Å². The van der Waals surface area contributed by atoms with Crippen LogP contribution in [0.25, 0.3) is 10.6 Å². The first-order valence-corrected chi connectivity index (χ1v) is 9.11. The normalized spacial score (nSPS) is 11.5. The molecule has 27 heavy (non-hydrogen) atoms. The summed E-state index contributed by atoms with van der Waals surface area (Å²) in [5.41, 5.74) is 1.69. The maximum Gasteiger partial charge on any atom is 0.358 e. The molecule has 0 aliphatic carbocycles. The molecule has 1 heterocycles. The van der Waals surface area contributed by atoms with Crippen LogP contribution >= 0.6 is 11.3 Å².